The number of nitro groups is 1. The number of allylic oxidation sites excluding steroid dienone is 4. The van der Waals surface area contributed by atoms with Crippen molar-refractivity contribution in [1.29, 1.82) is 0 Å². The second kappa shape index (κ2) is 30.3. The van der Waals surface area contributed by atoms with Gasteiger partial charge in [0.25, 0.3) is 0 Å². The van der Waals surface area contributed by atoms with E-state index < -0.39 is 30.5 Å². The van der Waals surface area contributed by atoms with Gasteiger partial charge in [-0.25, -0.2) is 0 Å². The maximum atomic E-state index is 13.2. The van der Waals surface area contributed by atoms with Crippen molar-refractivity contribution in [2.24, 2.45) is 122 Å². The van der Waals surface area contributed by atoms with Gasteiger partial charge in [0, 0.05) is 4.92 Å². The van der Waals surface area contributed by atoms with Crippen molar-refractivity contribution in [3.63, 3.8) is 0 Å². The Balaban J connectivity index is 0.788. The molecule has 0 radical (unpaired) electrons. The Hall–Kier alpha value is -3.66. The Bertz CT molecular complexity index is 3110. The second-order valence-electron chi connectivity index (χ2n) is 36.9. The molecular weight excluding hydrogens is 1190 g/mol. The van der Waals surface area contributed by atoms with Crippen LogP contribution in [0.3, 0.4) is 0 Å². The fourth-order valence-electron chi connectivity index (χ4n) is 25.6. The first-order chi connectivity index (χ1) is 46.7. The normalized spacial score (nSPS) is 40.7. The standard InChI is InChI=1S/C89H131NO7/c1-59(2)23-21-25-61(5)74-37-39-76-71-35-33-67-51-66(41-46-85(67,7)78(71)44-49-88(74,76)10)80-53-70(43-48-87(80,9)69-42-47-86(8)68(52-69)34-36-72-77-40-38-75(62(6)26-22-24-60(3)4)89(77,11)50-45-79(72)86)96-84-73(54-90(91)92)82(94-56-64-29-17-13-18-30-64)83(95-57-65-31-19-14-20-32-65)81(97-84)58-93-55-63-27-15-12-16-28-63/h12-20,27-34,59-62,66,69-84H,21-26,35-58H2,1-11H3/t61-,62-,66?,69?,70+,71+,72+,73-,74-,75-,76+,77+,78+,79+,80+,81-,82-,83-,84+,85+,86+,87-,88-,89-/m1/s1. The topological polar surface area (TPSA) is 89.3 Å². The molecule has 97 heavy (non-hydrogen) atoms. The zero-order valence-corrected chi connectivity index (χ0v) is 62.5. The van der Waals surface area contributed by atoms with Crippen molar-refractivity contribution < 1.29 is 28.6 Å². The smallest absolute Gasteiger partial charge is 0.214 e. The number of benzene rings is 3. The van der Waals surface area contributed by atoms with Gasteiger partial charge in [-0.15, -0.1) is 0 Å². The lowest BCUT2D eigenvalue weighted by molar-refractivity contribution is -0.504. The Morgan fingerprint density at radius 3 is 1.55 bits per heavy atom. The summed E-state index contributed by atoms with van der Waals surface area (Å²) in [6.45, 7) is 29.6. The van der Waals surface area contributed by atoms with E-state index in [-0.39, 0.29) is 41.6 Å². The fraction of sp³-hybridized carbons (Fsp3) is 0.753. The van der Waals surface area contributed by atoms with Gasteiger partial charge in [-0.05, 0) is 255 Å². The van der Waals surface area contributed by atoms with Gasteiger partial charge in [-0.1, -0.05) is 229 Å². The minimum atomic E-state index is -0.887. The molecule has 8 heteroatoms. The van der Waals surface area contributed by atoms with Gasteiger partial charge < -0.3 is 23.7 Å². The Morgan fingerprint density at radius 1 is 0.526 bits per heavy atom. The van der Waals surface area contributed by atoms with E-state index in [2.05, 4.69) is 125 Å². The van der Waals surface area contributed by atoms with E-state index in [1.54, 1.807) is 5.57 Å². The molecule has 24 atom stereocenters. The first-order valence-corrected chi connectivity index (χ1v) is 40.4. The van der Waals surface area contributed by atoms with Gasteiger partial charge in [-0.2, -0.15) is 0 Å². The van der Waals surface area contributed by atoms with Gasteiger partial charge in [0.05, 0.1) is 32.5 Å². The summed E-state index contributed by atoms with van der Waals surface area (Å²) in [5.74, 6) is 10.8. The maximum Gasteiger partial charge on any atom is 0.214 e. The van der Waals surface area contributed by atoms with Crippen molar-refractivity contribution in [1.82, 2.24) is 0 Å². The van der Waals surface area contributed by atoms with Crippen LogP contribution in [0.5, 0.6) is 0 Å². The molecule has 13 rings (SSSR count). The number of rotatable bonds is 26. The molecule has 2 unspecified atom stereocenters. The minimum Gasteiger partial charge on any atom is -0.374 e. The number of nitrogens with zero attached hydrogens (tertiary/aromatic N) is 1. The van der Waals surface area contributed by atoms with Gasteiger partial charge in [0.1, 0.15) is 24.2 Å². The van der Waals surface area contributed by atoms with Crippen LogP contribution in [0.2, 0.25) is 0 Å². The zero-order valence-electron chi connectivity index (χ0n) is 62.5. The van der Waals surface area contributed by atoms with Crippen molar-refractivity contribution in [3.8, 4) is 0 Å². The Labute approximate surface area is 588 Å². The summed E-state index contributed by atoms with van der Waals surface area (Å²) >= 11 is 0. The molecule has 7 saturated carbocycles. The first kappa shape index (κ1) is 71.7. The van der Waals surface area contributed by atoms with Crippen molar-refractivity contribution in [2.45, 2.75) is 287 Å². The van der Waals surface area contributed by atoms with Crippen LogP contribution >= 0.6 is 0 Å². The van der Waals surface area contributed by atoms with Crippen LogP contribution in [0.15, 0.2) is 114 Å². The van der Waals surface area contributed by atoms with E-state index >= 15 is 0 Å². The molecule has 3 aromatic rings. The molecule has 0 bridgehead atoms. The quantitative estimate of drug-likeness (QED) is 0.0449. The number of hydrogen-bond acceptors (Lipinski definition) is 7. The average molecular weight is 1330 g/mol. The predicted molar refractivity (Wildman–Crippen MR) is 394 cm³/mol. The largest absolute Gasteiger partial charge is 0.374 e. The summed E-state index contributed by atoms with van der Waals surface area (Å²) in [5, 5.41) is 13.2. The number of ether oxygens (including phenoxy) is 5. The third-order valence-electron chi connectivity index (χ3n) is 30.9. The molecule has 1 aliphatic heterocycles. The summed E-state index contributed by atoms with van der Waals surface area (Å²) < 4.78 is 35.6. The maximum absolute atomic E-state index is 13.2. The van der Waals surface area contributed by atoms with Crippen LogP contribution in [-0.2, 0) is 43.5 Å². The molecule has 9 aliphatic carbocycles. The monoisotopic (exact) mass is 1330 g/mol. The molecule has 8 nitrogen and oxygen atoms in total. The number of fused-ring (bicyclic) bond motifs is 10. The summed E-state index contributed by atoms with van der Waals surface area (Å²) in [6, 6.07) is 30.7. The lowest BCUT2D eigenvalue weighted by atomic mass is 9.43. The molecule has 1 heterocycles. The minimum absolute atomic E-state index is 0.120. The van der Waals surface area contributed by atoms with Crippen molar-refractivity contribution >= 4 is 0 Å². The van der Waals surface area contributed by atoms with Crippen molar-refractivity contribution in [2.75, 3.05) is 13.2 Å². The van der Waals surface area contributed by atoms with Gasteiger partial charge in [0.2, 0.25) is 6.54 Å². The third kappa shape index (κ3) is 14.7. The summed E-state index contributed by atoms with van der Waals surface area (Å²) in [7, 11) is 0. The van der Waals surface area contributed by atoms with Crippen LogP contribution in [0.1, 0.15) is 253 Å². The summed E-state index contributed by atoms with van der Waals surface area (Å²) in [4.78, 5) is 13.1. The van der Waals surface area contributed by atoms with Gasteiger partial charge >= 0.3 is 0 Å². The highest BCUT2D eigenvalue weighted by Gasteiger charge is 2.63. The summed E-state index contributed by atoms with van der Waals surface area (Å²) in [5.41, 5.74) is 8.37. The predicted octanol–water partition coefficient (Wildman–Crippen LogP) is 22.5. The van der Waals surface area contributed by atoms with E-state index in [0.717, 1.165) is 107 Å². The molecule has 0 amide bonds. The average Bonchev–Trinajstić information content (AvgIpc) is 1.71. The first-order valence-electron chi connectivity index (χ1n) is 40.4. The van der Waals surface area contributed by atoms with E-state index in [4.69, 9.17) is 23.7 Å². The van der Waals surface area contributed by atoms with Crippen LogP contribution in [0, 0.1) is 132 Å². The van der Waals surface area contributed by atoms with E-state index in [1.165, 1.54) is 141 Å². The van der Waals surface area contributed by atoms with E-state index in [0.29, 0.717) is 47.2 Å². The zero-order chi connectivity index (χ0) is 67.9. The molecule has 0 spiro atoms. The molecule has 3 aromatic carbocycles. The van der Waals surface area contributed by atoms with E-state index in [9.17, 15) is 10.1 Å². The number of hydrogen-bond donors (Lipinski definition) is 0. The van der Waals surface area contributed by atoms with Gasteiger partial charge in [0.15, 0.2) is 6.29 Å². The Kier molecular flexibility index (Phi) is 22.4. The SMILES string of the molecule is CC(C)CCC[C@@H](C)[C@H]1CC[C@H]2[C@@H]3CC=C4CC([C@@H]5C[C@@H](O[C@H]6O[C@H](COCc7ccccc7)[C@@H](OCc7ccccc7)[C@H](OCc7ccccc7)[C@H]6C[N+](=O)[O-])CC[C@]5(C)C5CC[C@@]6(C)C(=CC[C@H]7[C@@H]8CC[C@H]([C@H](C)CCCC(C)C)[C@@]8(C)CC[C@@H]76)C5)CC[C@]4(C)[C@H]3CC[C@]12C. The van der Waals surface area contributed by atoms with Crippen LogP contribution in [-0.4, -0.2) is 48.8 Å². The molecule has 534 valence electrons. The molecule has 1 saturated heterocycles. The molecule has 8 fully saturated rings. The van der Waals surface area contributed by atoms with Crippen LogP contribution < -0.4 is 0 Å². The molecule has 0 aromatic heterocycles. The van der Waals surface area contributed by atoms with Gasteiger partial charge in [-0.3, -0.25) is 10.1 Å². The molecule has 0 N–H and O–H groups in total. The third-order valence-corrected chi connectivity index (χ3v) is 30.9. The Morgan fingerprint density at radius 2 is 1.02 bits per heavy atom. The molecule has 10 aliphatic rings. The van der Waals surface area contributed by atoms with E-state index in [1.807, 2.05) is 60.2 Å². The van der Waals surface area contributed by atoms with Crippen LogP contribution in [0.4, 0.5) is 0 Å². The highest BCUT2D eigenvalue weighted by Crippen LogP contribution is 2.72. The molecular formula is C89H131NO7. The van der Waals surface area contributed by atoms with Crippen molar-refractivity contribution in [3.05, 3.63) is 141 Å². The highest BCUT2D eigenvalue weighted by molar-refractivity contribution is 5.29. The lowest BCUT2D eigenvalue weighted by Crippen LogP contribution is -2.60. The second-order valence-corrected chi connectivity index (χ2v) is 36.9. The fourth-order valence-corrected chi connectivity index (χ4v) is 25.6. The summed E-state index contributed by atoms with van der Waals surface area (Å²) in [6.07, 6.45) is 35.7. The van der Waals surface area contributed by atoms with Crippen LogP contribution in [0.25, 0.3) is 0 Å². The lowest BCUT2D eigenvalue weighted by Gasteiger charge is -2.62. The highest BCUT2D eigenvalue weighted by atomic mass is 16.7.